The average Bonchev–Trinajstić information content (AvgIpc) is 2.74. The van der Waals surface area contributed by atoms with E-state index < -0.39 is 0 Å². The van der Waals surface area contributed by atoms with E-state index in [9.17, 15) is 9.90 Å². The van der Waals surface area contributed by atoms with Crippen molar-refractivity contribution in [2.45, 2.75) is 6.04 Å². The second-order valence-electron chi connectivity index (χ2n) is 6.44. The van der Waals surface area contributed by atoms with E-state index >= 15 is 0 Å². The smallest absolute Gasteiger partial charge is 0.259 e. The minimum absolute atomic E-state index is 0.159. The van der Waals surface area contributed by atoms with Gasteiger partial charge in [0.1, 0.15) is 6.61 Å². The first-order valence-electron chi connectivity index (χ1n) is 8.92. The molecule has 0 saturated heterocycles. The molecule has 0 spiro atoms. The molecule has 3 aromatic rings. The van der Waals surface area contributed by atoms with Gasteiger partial charge in [0.2, 0.25) is 0 Å². The fourth-order valence-electron chi connectivity index (χ4n) is 3.20. The summed E-state index contributed by atoms with van der Waals surface area (Å²) in [5.74, 6) is 0.581. The standard InChI is InChI=1S/C21H17Cl2N3O3/c22-13-6-8-14(9-7-13)25-21(28)16-3-1-5-18-19(16)29-12-15(11-27)26(18)20-17(23)4-2-10-24-20/h1-10,15,27H,11-12H2,(H,25,28). The van der Waals surface area contributed by atoms with Gasteiger partial charge in [-0.15, -0.1) is 0 Å². The van der Waals surface area contributed by atoms with E-state index in [1.807, 2.05) is 0 Å². The molecule has 29 heavy (non-hydrogen) atoms. The first-order chi connectivity index (χ1) is 14.1. The molecule has 0 fully saturated rings. The first kappa shape index (κ1) is 19.5. The van der Waals surface area contributed by atoms with Crippen LogP contribution in [0.3, 0.4) is 0 Å². The van der Waals surface area contributed by atoms with Gasteiger partial charge in [-0.25, -0.2) is 4.98 Å². The zero-order chi connectivity index (χ0) is 20.4. The fraction of sp³-hybridized carbons (Fsp3) is 0.143. The lowest BCUT2D eigenvalue weighted by atomic mass is 10.1. The molecule has 2 heterocycles. The molecule has 2 aromatic carbocycles. The molecule has 1 unspecified atom stereocenters. The summed E-state index contributed by atoms with van der Waals surface area (Å²) in [6, 6.07) is 15.2. The number of pyridine rings is 1. The van der Waals surface area contributed by atoms with Crippen molar-refractivity contribution in [3.05, 3.63) is 76.4 Å². The molecule has 2 N–H and O–H groups in total. The van der Waals surface area contributed by atoms with Crippen molar-refractivity contribution >= 4 is 46.3 Å². The second-order valence-corrected chi connectivity index (χ2v) is 7.28. The highest BCUT2D eigenvalue weighted by molar-refractivity contribution is 6.33. The van der Waals surface area contributed by atoms with E-state index in [1.54, 1.807) is 65.7 Å². The Bertz CT molecular complexity index is 1040. The molecule has 6 nitrogen and oxygen atoms in total. The van der Waals surface area contributed by atoms with Crippen molar-refractivity contribution in [1.82, 2.24) is 4.98 Å². The number of aliphatic hydroxyl groups is 1. The Morgan fingerprint density at radius 1 is 1.17 bits per heavy atom. The number of hydrogen-bond acceptors (Lipinski definition) is 5. The number of carbonyl (C=O) groups excluding carboxylic acids is 1. The highest BCUT2D eigenvalue weighted by Crippen LogP contribution is 2.42. The largest absolute Gasteiger partial charge is 0.488 e. The van der Waals surface area contributed by atoms with Crippen LogP contribution in [0.15, 0.2) is 60.8 Å². The molecule has 1 aliphatic rings. The van der Waals surface area contributed by atoms with E-state index in [1.165, 1.54) is 0 Å². The minimum atomic E-state index is -0.385. The first-order valence-corrected chi connectivity index (χ1v) is 9.67. The van der Waals surface area contributed by atoms with Gasteiger partial charge in [-0.1, -0.05) is 29.3 Å². The summed E-state index contributed by atoms with van der Waals surface area (Å²) in [5.41, 5.74) is 1.59. The van der Waals surface area contributed by atoms with Gasteiger partial charge >= 0.3 is 0 Å². The van der Waals surface area contributed by atoms with E-state index in [-0.39, 0.29) is 25.2 Å². The van der Waals surface area contributed by atoms with Crippen molar-refractivity contribution in [2.24, 2.45) is 0 Å². The maximum Gasteiger partial charge on any atom is 0.259 e. The van der Waals surface area contributed by atoms with Gasteiger partial charge in [0.05, 0.1) is 28.9 Å². The highest BCUT2D eigenvalue weighted by atomic mass is 35.5. The molecular formula is C21H17Cl2N3O3. The van der Waals surface area contributed by atoms with Gasteiger partial charge in [0.15, 0.2) is 11.6 Å². The number of nitrogens with one attached hydrogen (secondary N) is 1. The van der Waals surface area contributed by atoms with Crippen molar-refractivity contribution in [2.75, 3.05) is 23.4 Å². The molecule has 1 amide bonds. The maximum absolute atomic E-state index is 12.9. The summed E-state index contributed by atoms with van der Waals surface area (Å²) < 4.78 is 5.87. The van der Waals surface area contributed by atoms with Crippen molar-refractivity contribution in [1.29, 1.82) is 0 Å². The Morgan fingerprint density at radius 3 is 2.69 bits per heavy atom. The quantitative estimate of drug-likeness (QED) is 0.636. The SMILES string of the molecule is O=C(Nc1ccc(Cl)cc1)c1cccc2c1OCC(CO)N2c1ncccc1Cl. The van der Waals surface area contributed by atoms with Crippen LogP contribution >= 0.6 is 23.2 Å². The molecule has 1 aliphatic heterocycles. The lowest BCUT2D eigenvalue weighted by Crippen LogP contribution is -2.43. The number of fused-ring (bicyclic) bond motifs is 1. The van der Waals surface area contributed by atoms with Gasteiger partial charge in [-0.3, -0.25) is 4.79 Å². The minimum Gasteiger partial charge on any atom is -0.488 e. The topological polar surface area (TPSA) is 74.7 Å². The summed E-state index contributed by atoms with van der Waals surface area (Å²) in [7, 11) is 0. The molecule has 1 aromatic heterocycles. The van der Waals surface area contributed by atoms with E-state index in [4.69, 9.17) is 27.9 Å². The number of aliphatic hydroxyl groups excluding tert-OH is 1. The third kappa shape index (κ3) is 3.87. The number of aromatic nitrogens is 1. The van der Waals surface area contributed by atoms with Crippen LogP contribution < -0.4 is 15.0 Å². The second kappa shape index (κ2) is 8.29. The van der Waals surface area contributed by atoms with Crippen LogP contribution in [-0.4, -0.2) is 35.3 Å². The lowest BCUT2D eigenvalue weighted by Gasteiger charge is -2.37. The zero-order valence-electron chi connectivity index (χ0n) is 15.2. The van der Waals surface area contributed by atoms with Gasteiger partial charge < -0.3 is 20.1 Å². The van der Waals surface area contributed by atoms with Gasteiger partial charge in [-0.05, 0) is 48.5 Å². The van der Waals surface area contributed by atoms with E-state index in [0.29, 0.717) is 38.6 Å². The number of hydrogen-bond donors (Lipinski definition) is 2. The molecule has 148 valence electrons. The van der Waals surface area contributed by atoms with Gasteiger partial charge in [0, 0.05) is 16.9 Å². The zero-order valence-corrected chi connectivity index (χ0v) is 16.7. The van der Waals surface area contributed by atoms with Crippen LogP contribution in [0.5, 0.6) is 5.75 Å². The molecule has 0 bridgehead atoms. The predicted octanol–water partition coefficient (Wildman–Crippen LogP) is 4.53. The van der Waals surface area contributed by atoms with Gasteiger partial charge in [0.25, 0.3) is 5.91 Å². The van der Waals surface area contributed by atoms with Crippen molar-refractivity contribution in [3.63, 3.8) is 0 Å². The molecule has 4 rings (SSSR count). The number of carbonyl (C=O) groups is 1. The van der Waals surface area contributed by atoms with Crippen LogP contribution in [0, 0.1) is 0 Å². The number of para-hydroxylation sites is 1. The van der Waals surface area contributed by atoms with E-state index in [2.05, 4.69) is 10.3 Å². The highest BCUT2D eigenvalue weighted by Gasteiger charge is 2.33. The van der Waals surface area contributed by atoms with Crippen LogP contribution in [0.25, 0.3) is 0 Å². The lowest BCUT2D eigenvalue weighted by molar-refractivity contribution is 0.102. The molecule has 0 saturated carbocycles. The number of amides is 1. The van der Waals surface area contributed by atoms with Crippen LogP contribution in [0.2, 0.25) is 10.0 Å². The molecule has 8 heteroatoms. The summed E-state index contributed by atoms with van der Waals surface area (Å²) in [6.07, 6.45) is 1.63. The predicted molar refractivity (Wildman–Crippen MR) is 114 cm³/mol. The van der Waals surface area contributed by atoms with Crippen molar-refractivity contribution < 1.29 is 14.6 Å². The van der Waals surface area contributed by atoms with Crippen molar-refractivity contribution in [3.8, 4) is 5.75 Å². The molecule has 0 aliphatic carbocycles. The number of ether oxygens (including phenoxy) is 1. The number of nitrogens with zero attached hydrogens (tertiary/aromatic N) is 2. The number of anilines is 3. The molecule has 1 atom stereocenters. The maximum atomic E-state index is 12.9. The number of halogens is 2. The Balaban J connectivity index is 1.73. The Labute approximate surface area is 177 Å². The summed E-state index contributed by atoms with van der Waals surface area (Å²) in [6.45, 7) is 0.0230. The summed E-state index contributed by atoms with van der Waals surface area (Å²) in [5, 5.41) is 13.7. The summed E-state index contributed by atoms with van der Waals surface area (Å²) in [4.78, 5) is 19.1. The Morgan fingerprint density at radius 2 is 1.97 bits per heavy atom. The number of benzene rings is 2. The third-order valence-corrected chi connectivity index (χ3v) is 5.11. The Kier molecular flexibility index (Phi) is 5.58. The number of rotatable bonds is 4. The Hall–Kier alpha value is -2.80. The molecule has 0 radical (unpaired) electrons. The summed E-state index contributed by atoms with van der Waals surface area (Å²) >= 11 is 12.3. The fourth-order valence-corrected chi connectivity index (χ4v) is 3.54. The van der Waals surface area contributed by atoms with Crippen LogP contribution in [0.4, 0.5) is 17.2 Å². The molecular weight excluding hydrogens is 413 g/mol. The normalized spacial score (nSPS) is 15.4. The van der Waals surface area contributed by atoms with E-state index in [0.717, 1.165) is 0 Å². The van der Waals surface area contributed by atoms with Crippen LogP contribution in [-0.2, 0) is 0 Å². The monoisotopic (exact) mass is 429 g/mol. The third-order valence-electron chi connectivity index (χ3n) is 4.56. The van der Waals surface area contributed by atoms with Crippen LogP contribution in [0.1, 0.15) is 10.4 Å². The van der Waals surface area contributed by atoms with Gasteiger partial charge in [-0.2, -0.15) is 0 Å². The average molecular weight is 430 g/mol.